The summed E-state index contributed by atoms with van der Waals surface area (Å²) in [6, 6.07) is 17.6. The Kier molecular flexibility index (Phi) is 4.90. The zero-order chi connectivity index (χ0) is 17.8. The van der Waals surface area contributed by atoms with Crippen LogP contribution in [0.15, 0.2) is 76.5 Å². The van der Waals surface area contributed by atoms with Gasteiger partial charge in [-0.1, -0.05) is 23.9 Å². The monoisotopic (exact) mass is 354 g/mol. The molecule has 0 atom stereocenters. The van der Waals surface area contributed by atoms with E-state index in [1.54, 1.807) is 54.6 Å². The Bertz CT molecular complexity index is 914. The van der Waals surface area contributed by atoms with E-state index in [4.69, 9.17) is 5.73 Å². The third-order valence-corrected chi connectivity index (χ3v) is 4.56. The van der Waals surface area contributed by atoms with Crippen LogP contribution in [-0.2, 0) is 0 Å². The molecule has 0 aliphatic heterocycles. The van der Waals surface area contributed by atoms with Crippen LogP contribution in [0.3, 0.4) is 0 Å². The van der Waals surface area contributed by atoms with E-state index in [1.165, 1.54) is 23.9 Å². The van der Waals surface area contributed by atoms with E-state index in [2.05, 4.69) is 5.32 Å². The lowest BCUT2D eigenvalue weighted by molar-refractivity contribution is 0.102. The van der Waals surface area contributed by atoms with Crippen molar-refractivity contribution in [3.8, 4) is 5.75 Å². The first kappa shape index (κ1) is 16.9. The fraction of sp³-hybridized carbons (Fsp3) is 0. The first-order chi connectivity index (χ1) is 12.0. The highest BCUT2D eigenvalue weighted by molar-refractivity contribution is 7.99. The number of anilines is 2. The summed E-state index contributed by atoms with van der Waals surface area (Å²) < 4.78 is 13.6. The number of carbonyl (C=O) groups is 1. The van der Waals surface area contributed by atoms with Gasteiger partial charge in [-0.15, -0.1) is 0 Å². The molecule has 4 nitrogen and oxygen atoms in total. The van der Waals surface area contributed by atoms with Gasteiger partial charge in [-0.05, 0) is 54.6 Å². The molecule has 0 spiro atoms. The molecule has 0 bridgehead atoms. The number of nitrogens with two attached hydrogens (primary N) is 1. The maximum absolute atomic E-state index is 13.6. The smallest absolute Gasteiger partial charge is 0.255 e. The molecule has 0 unspecified atom stereocenters. The molecule has 25 heavy (non-hydrogen) atoms. The number of aromatic hydroxyl groups is 1. The summed E-state index contributed by atoms with van der Waals surface area (Å²) in [5, 5.41) is 11.8. The predicted molar refractivity (Wildman–Crippen MR) is 97.4 cm³/mol. The van der Waals surface area contributed by atoms with Crippen LogP contribution in [0.5, 0.6) is 5.75 Å². The van der Waals surface area contributed by atoms with Crippen molar-refractivity contribution < 1.29 is 14.3 Å². The normalized spacial score (nSPS) is 10.4. The molecule has 0 fully saturated rings. The van der Waals surface area contributed by atoms with Crippen molar-refractivity contribution in [1.29, 1.82) is 0 Å². The van der Waals surface area contributed by atoms with Crippen LogP contribution in [0, 0.1) is 5.82 Å². The van der Waals surface area contributed by atoms with Crippen molar-refractivity contribution in [2.45, 2.75) is 9.79 Å². The van der Waals surface area contributed by atoms with Crippen molar-refractivity contribution in [3.05, 3.63) is 78.1 Å². The number of nitrogen functional groups attached to an aromatic ring is 1. The van der Waals surface area contributed by atoms with E-state index >= 15 is 0 Å². The van der Waals surface area contributed by atoms with Crippen LogP contribution >= 0.6 is 11.8 Å². The Hall–Kier alpha value is -2.99. The highest BCUT2D eigenvalue weighted by Gasteiger charge is 2.11. The Morgan fingerprint density at radius 3 is 2.44 bits per heavy atom. The van der Waals surface area contributed by atoms with Gasteiger partial charge in [-0.3, -0.25) is 4.79 Å². The summed E-state index contributed by atoms with van der Waals surface area (Å²) >= 11 is 1.42. The fourth-order valence-electron chi connectivity index (χ4n) is 2.18. The van der Waals surface area contributed by atoms with E-state index in [-0.39, 0.29) is 11.4 Å². The van der Waals surface area contributed by atoms with Gasteiger partial charge in [0.1, 0.15) is 11.6 Å². The maximum atomic E-state index is 13.6. The minimum Gasteiger partial charge on any atom is -0.508 e. The molecule has 0 aliphatic rings. The summed E-state index contributed by atoms with van der Waals surface area (Å²) in [6.45, 7) is 0. The lowest BCUT2D eigenvalue weighted by Gasteiger charge is -2.09. The Balaban J connectivity index is 1.76. The van der Waals surface area contributed by atoms with Gasteiger partial charge in [0.05, 0.1) is 5.69 Å². The molecule has 0 heterocycles. The molecule has 3 aromatic rings. The molecule has 0 saturated carbocycles. The quantitative estimate of drug-likeness (QED) is 0.602. The molecular formula is C19H15FN2O2S. The zero-order valence-electron chi connectivity index (χ0n) is 13.1. The summed E-state index contributed by atoms with van der Waals surface area (Å²) in [5.41, 5.74) is 6.94. The van der Waals surface area contributed by atoms with Crippen LogP contribution < -0.4 is 11.1 Å². The van der Waals surface area contributed by atoms with Crippen molar-refractivity contribution in [2.75, 3.05) is 11.1 Å². The second kappa shape index (κ2) is 7.27. The summed E-state index contributed by atoms with van der Waals surface area (Å²) in [4.78, 5) is 14.0. The van der Waals surface area contributed by atoms with Crippen LogP contribution in [0.4, 0.5) is 15.8 Å². The van der Waals surface area contributed by atoms with Gasteiger partial charge in [-0.25, -0.2) is 4.39 Å². The molecule has 1 amide bonds. The number of phenolic OH excluding ortho intramolecular Hbond substituents is 1. The van der Waals surface area contributed by atoms with E-state index in [1.807, 2.05) is 0 Å². The fourth-order valence-corrected chi connectivity index (χ4v) is 3.02. The molecular weight excluding hydrogens is 339 g/mol. The van der Waals surface area contributed by atoms with Crippen LogP contribution in [0.1, 0.15) is 10.4 Å². The molecule has 4 N–H and O–H groups in total. The number of amides is 1. The van der Waals surface area contributed by atoms with Crippen molar-refractivity contribution in [1.82, 2.24) is 0 Å². The third-order valence-electron chi connectivity index (χ3n) is 3.46. The van der Waals surface area contributed by atoms with Gasteiger partial charge in [0.2, 0.25) is 0 Å². The third kappa shape index (κ3) is 4.10. The molecule has 6 heteroatoms. The molecule has 0 aliphatic carbocycles. The molecule has 3 rings (SSSR count). The van der Waals surface area contributed by atoms with Crippen molar-refractivity contribution in [3.63, 3.8) is 0 Å². The Morgan fingerprint density at radius 1 is 1.04 bits per heavy atom. The lowest BCUT2D eigenvalue weighted by Crippen LogP contribution is -2.13. The first-order valence-corrected chi connectivity index (χ1v) is 8.27. The van der Waals surface area contributed by atoms with Crippen LogP contribution in [0.25, 0.3) is 0 Å². The number of halogens is 1. The van der Waals surface area contributed by atoms with Crippen molar-refractivity contribution >= 4 is 29.0 Å². The van der Waals surface area contributed by atoms with Crippen molar-refractivity contribution in [2.24, 2.45) is 0 Å². The first-order valence-electron chi connectivity index (χ1n) is 7.45. The van der Waals surface area contributed by atoms with Gasteiger partial charge in [-0.2, -0.15) is 0 Å². The molecule has 0 radical (unpaired) electrons. The number of hydrogen-bond donors (Lipinski definition) is 3. The number of carbonyl (C=O) groups excluding carboxylic acids is 1. The largest absolute Gasteiger partial charge is 0.508 e. The summed E-state index contributed by atoms with van der Waals surface area (Å²) in [5.74, 6) is -0.737. The van der Waals surface area contributed by atoms with E-state index in [0.29, 0.717) is 11.3 Å². The Labute approximate surface area is 148 Å². The molecule has 126 valence electrons. The van der Waals surface area contributed by atoms with E-state index < -0.39 is 11.7 Å². The predicted octanol–water partition coefficient (Wildman–Crippen LogP) is 4.52. The van der Waals surface area contributed by atoms with Crippen LogP contribution in [0.2, 0.25) is 0 Å². The molecule has 0 aromatic heterocycles. The number of nitrogens with one attached hydrogen (secondary N) is 1. The second-order valence-corrected chi connectivity index (χ2v) is 6.40. The Morgan fingerprint density at radius 2 is 1.76 bits per heavy atom. The summed E-state index contributed by atoms with van der Waals surface area (Å²) in [7, 11) is 0. The highest BCUT2D eigenvalue weighted by atomic mass is 32.2. The van der Waals surface area contributed by atoms with Gasteiger partial charge >= 0.3 is 0 Å². The molecule has 3 aromatic carbocycles. The van der Waals surface area contributed by atoms with Gasteiger partial charge in [0.25, 0.3) is 5.91 Å². The van der Waals surface area contributed by atoms with Gasteiger partial charge in [0.15, 0.2) is 0 Å². The van der Waals surface area contributed by atoms with Crippen LogP contribution in [-0.4, -0.2) is 11.0 Å². The maximum Gasteiger partial charge on any atom is 0.255 e. The lowest BCUT2D eigenvalue weighted by atomic mass is 10.2. The van der Waals surface area contributed by atoms with Gasteiger partial charge in [0, 0.05) is 21.0 Å². The van der Waals surface area contributed by atoms with E-state index in [0.717, 1.165) is 9.79 Å². The number of phenols is 1. The minimum absolute atomic E-state index is 0.119. The SMILES string of the molecule is Nc1cc(C(=O)Nc2ccccc2F)ccc1Sc1ccc(O)cc1. The average Bonchev–Trinajstić information content (AvgIpc) is 2.60. The zero-order valence-corrected chi connectivity index (χ0v) is 13.9. The number of hydrogen-bond acceptors (Lipinski definition) is 4. The van der Waals surface area contributed by atoms with E-state index in [9.17, 15) is 14.3 Å². The number of rotatable bonds is 4. The number of para-hydroxylation sites is 1. The average molecular weight is 354 g/mol. The standard InChI is InChI=1S/C19H15FN2O2S/c20-15-3-1-2-4-17(15)22-19(24)12-5-10-18(16(21)11-12)25-14-8-6-13(23)7-9-14/h1-11,23H,21H2,(H,22,24). The second-order valence-electron chi connectivity index (χ2n) is 5.28. The van der Waals surface area contributed by atoms with Gasteiger partial charge < -0.3 is 16.2 Å². The molecule has 0 saturated heterocycles. The highest BCUT2D eigenvalue weighted by Crippen LogP contribution is 2.33. The topological polar surface area (TPSA) is 75.4 Å². The summed E-state index contributed by atoms with van der Waals surface area (Å²) in [6.07, 6.45) is 0. The number of benzene rings is 3. The minimum atomic E-state index is -0.497.